The number of hydrogen-bond acceptors (Lipinski definition) is 4. The Morgan fingerprint density at radius 2 is 1.33 bits per heavy atom. The maximum absolute atomic E-state index is 12.6. The van der Waals surface area contributed by atoms with Gasteiger partial charge in [0.05, 0.1) is 0 Å². The first kappa shape index (κ1) is 18.6. The molecule has 0 saturated carbocycles. The van der Waals surface area contributed by atoms with Gasteiger partial charge < -0.3 is 10.6 Å². The number of benzene rings is 2. The third-order valence-corrected chi connectivity index (χ3v) is 4.61. The molecule has 27 heavy (non-hydrogen) atoms. The Kier molecular flexibility index (Phi) is 5.21. The summed E-state index contributed by atoms with van der Waals surface area (Å²) in [6, 6.07) is 13.6. The summed E-state index contributed by atoms with van der Waals surface area (Å²) in [6.07, 6.45) is 0. The molecule has 2 aromatic carbocycles. The van der Waals surface area contributed by atoms with Crippen molar-refractivity contribution in [2.24, 2.45) is 0 Å². The van der Waals surface area contributed by atoms with Gasteiger partial charge >= 0.3 is 0 Å². The van der Waals surface area contributed by atoms with Crippen LogP contribution in [0.15, 0.2) is 42.5 Å². The molecule has 0 aliphatic carbocycles. The number of amides is 1. The first-order valence-electron chi connectivity index (χ1n) is 8.90. The molecule has 1 amide bonds. The van der Waals surface area contributed by atoms with Crippen LogP contribution in [-0.2, 0) is 0 Å². The van der Waals surface area contributed by atoms with Crippen LogP contribution in [-0.4, -0.2) is 15.9 Å². The van der Waals surface area contributed by atoms with Crippen molar-refractivity contribution < 1.29 is 4.79 Å². The molecule has 5 heteroatoms. The lowest BCUT2D eigenvalue weighted by Gasteiger charge is -2.11. The van der Waals surface area contributed by atoms with E-state index < -0.39 is 0 Å². The van der Waals surface area contributed by atoms with Crippen molar-refractivity contribution in [3.8, 4) is 0 Å². The molecular weight excluding hydrogens is 336 g/mol. The van der Waals surface area contributed by atoms with Crippen molar-refractivity contribution >= 4 is 23.2 Å². The monoisotopic (exact) mass is 360 g/mol. The van der Waals surface area contributed by atoms with Crippen molar-refractivity contribution in [1.82, 2.24) is 9.97 Å². The Hall–Kier alpha value is -3.21. The number of nitrogens with one attached hydrogen (secondary N) is 2. The summed E-state index contributed by atoms with van der Waals surface area (Å²) >= 11 is 0. The highest BCUT2D eigenvalue weighted by Crippen LogP contribution is 2.19. The van der Waals surface area contributed by atoms with Crippen LogP contribution < -0.4 is 10.6 Å². The maximum Gasteiger partial charge on any atom is 0.274 e. The van der Waals surface area contributed by atoms with Crippen LogP contribution in [0, 0.1) is 34.6 Å². The van der Waals surface area contributed by atoms with Gasteiger partial charge in [-0.3, -0.25) is 4.79 Å². The molecule has 0 atom stereocenters. The summed E-state index contributed by atoms with van der Waals surface area (Å²) in [5.41, 5.74) is 7.41. The van der Waals surface area contributed by atoms with Gasteiger partial charge in [-0.05, 0) is 87.2 Å². The second-order valence-corrected chi connectivity index (χ2v) is 6.90. The molecule has 0 fully saturated rings. The Morgan fingerprint density at radius 1 is 0.741 bits per heavy atom. The van der Waals surface area contributed by atoms with E-state index in [4.69, 9.17) is 0 Å². The number of anilines is 3. The minimum absolute atomic E-state index is 0.258. The number of carbonyl (C=O) groups excluding carboxylic acids is 1. The Labute approximate surface area is 159 Å². The number of aromatic nitrogens is 2. The molecule has 3 rings (SSSR count). The molecule has 138 valence electrons. The van der Waals surface area contributed by atoms with Crippen LogP contribution in [0.2, 0.25) is 0 Å². The fourth-order valence-corrected chi connectivity index (χ4v) is 2.70. The average molecular weight is 360 g/mol. The Balaban J connectivity index is 1.82. The van der Waals surface area contributed by atoms with E-state index in [0.717, 1.165) is 22.6 Å². The number of nitrogens with zero attached hydrogens (tertiary/aromatic N) is 2. The fraction of sp³-hybridized carbons (Fsp3) is 0.227. The highest BCUT2D eigenvalue weighted by molar-refractivity contribution is 6.03. The molecule has 0 aliphatic heterocycles. The Bertz CT molecular complexity index is 1010. The molecule has 0 bridgehead atoms. The highest BCUT2D eigenvalue weighted by Gasteiger charge is 2.12. The van der Waals surface area contributed by atoms with Crippen LogP contribution in [0.1, 0.15) is 38.4 Å². The normalized spacial score (nSPS) is 10.6. The topological polar surface area (TPSA) is 66.9 Å². The van der Waals surface area contributed by atoms with Crippen LogP contribution in [0.4, 0.5) is 17.3 Å². The molecule has 3 aromatic rings. The second kappa shape index (κ2) is 7.58. The molecule has 5 nitrogen and oxygen atoms in total. The van der Waals surface area contributed by atoms with Crippen molar-refractivity contribution in [3.63, 3.8) is 0 Å². The summed E-state index contributed by atoms with van der Waals surface area (Å²) in [5, 5.41) is 6.09. The van der Waals surface area contributed by atoms with Crippen molar-refractivity contribution in [3.05, 3.63) is 76.1 Å². The van der Waals surface area contributed by atoms with Gasteiger partial charge in [0.1, 0.15) is 5.69 Å². The third-order valence-electron chi connectivity index (χ3n) is 4.61. The van der Waals surface area contributed by atoms with Crippen molar-refractivity contribution in [2.75, 3.05) is 10.6 Å². The zero-order chi connectivity index (χ0) is 19.6. The molecule has 0 aliphatic rings. The molecular formula is C22H24N4O. The highest BCUT2D eigenvalue weighted by atomic mass is 16.1. The molecule has 0 unspecified atom stereocenters. The summed E-state index contributed by atoms with van der Waals surface area (Å²) in [6.45, 7) is 10.0. The lowest BCUT2D eigenvalue weighted by Crippen LogP contribution is -2.15. The van der Waals surface area contributed by atoms with Crippen LogP contribution >= 0.6 is 0 Å². The minimum atomic E-state index is -0.258. The standard InChI is InChI=1S/C22H24N4O/c1-13-6-8-18(10-15(13)3)24-21(27)20-12-17(5)23-22(26-20)25-19-9-7-14(2)16(4)11-19/h6-12H,1-5H3,(H,24,27)(H,23,25,26). The smallest absolute Gasteiger partial charge is 0.274 e. The predicted molar refractivity (Wildman–Crippen MR) is 110 cm³/mol. The van der Waals surface area contributed by atoms with E-state index in [1.807, 2.05) is 57.2 Å². The first-order chi connectivity index (χ1) is 12.8. The molecule has 0 radical (unpaired) electrons. The van der Waals surface area contributed by atoms with E-state index in [9.17, 15) is 4.79 Å². The summed E-state index contributed by atoms with van der Waals surface area (Å²) < 4.78 is 0. The molecule has 0 spiro atoms. The second-order valence-electron chi connectivity index (χ2n) is 6.90. The van der Waals surface area contributed by atoms with Gasteiger partial charge in [-0.1, -0.05) is 12.1 Å². The predicted octanol–water partition coefficient (Wildman–Crippen LogP) is 5.01. The largest absolute Gasteiger partial charge is 0.324 e. The van der Waals surface area contributed by atoms with Crippen molar-refractivity contribution in [1.29, 1.82) is 0 Å². The lowest BCUT2D eigenvalue weighted by molar-refractivity contribution is 0.102. The van der Waals surface area contributed by atoms with Gasteiger partial charge in [0.15, 0.2) is 0 Å². The fourth-order valence-electron chi connectivity index (χ4n) is 2.70. The number of hydrogen-bond donors (Lipinski definition) is 2. The van der Waals surface area contributed by atoms with Gasteiger partial charge in [-0.25, -0.2) is 9.97 Å². The molecule has 0 saturated heterocycles. The van der Waals surface area contributed by atoms with E-state index in [1.165, 1.54) is 16.7 Å². The van der Waals surface area contributed by atoms with Gasteiger partial charge in [0.2, 0.25) is 5.95 Å². The van der Waals surface area contributed by atoms with E-state index in [1.54, 1.807) is 6.07 Å². The Morgan fingerprint density at radius 3 is 1.96 bits per heavy atom. The average Bonchev–Trinajstić information content (AvgIpc) is 2.61. The third kappa shape index (κ3) is 4.50. The van der Waals surface area contributed by atoms with Gasteiger partial charge in [0, 0.05) is 17.1 Å². The zero-order valence-electron chi connectivity index (χ0n) is 16.3. The van der Waals surface area contributed by atoms with Gasteiger partial charge in [-0.15, -0.1) is 0 Å². The quantitative estimate of drug-likeness (QED) is 0.686. The zero-order valence-corrected chi connectivity index (χ0v) is 16.3. The van der Waals surface area contributed by atoms with Crippen LogP contribution in [0.5, 0.6) is 0 Å². The number of carbonyl (C=O) groups is 1. The van der Waals surface area contributed by atoms with E-state index in [2.05, 4.69) is 34.4 Å². The van der Waals surface area contributed by atoms with Crippen LogP contribution in [0.25, 0.3) is 0 Å². The van der Waals surface area contributed by atoms with E-state index >= 15 is 0 Å². The summed E-state index contributed by atoms with van der Waals surface area (Å²) in [5.74, 6) is 0.148. The van der Waals surface area contributed by atoms with Crippen molar-refractivity contribution in [2.45, 2.75) is 34.6 Å². The summed E-state index contributed by atoms with van der Waals surface area (Å²) in [4.78, 5) is 21.4. The van der Waals surface area contributed by atoms with Crippen LogP contribution in [0.3, 0.4) is 0 Å². The van der Waals surface area contributed by atoms with E-state index in [-0.39, 0.29) is 5.91 Å². The number of aryl methyl sites for hydroxylation is 5. The first-order valence-corrected chi connectivity index (χ1v) is 8.90. The maximum atomic E-state index is 12.6. The van der Waals surface area contributed by atoms with Gasteiger partial charge in [0.25, 0.3) is 5.91 Å². The minimum Gasteiger partial charge on any atom is -0.324 e. The van der Waals surface area contributed by atoms with Gasteiger partial charge in [-0.2, -0.15) is 0 Å². The van der Waals surface area contributed by atoms with E-state index in [0.29, 0.717) is 11.6 Å². The molecule has 1 heterocycles. The SMILES string of the molecule is Cc1cc(C(=O)Nc2ccc(C)c(C)c2)nc(Nc2ccc(C)c(C)c2)n1. The molecule has 2 N–H and O–H groups in total. The number of rotatable bonds is 4. The molecule has 1 aromatic heterocycles. The summed E-state index contributed by atoms with van der Waals surface area (Å²) in [7, 11) is 0. The lowest BCUT2D eigenvalue weighted by atomic mass is 10.1.